The third kappa shape index (κ3) is 3.04. The molecule has 0 aliphatic rings. The summed E-state index contributed by atoms with van der Waals surface area (Å²) in [5.74, 6) is 0.230. The Hall–Kier alpha value is -2.82. The normalized spacial score (nSPS) is 10.7. The first kappa shape index (κ1) is 15.1. The zero-order valence-electron chi connectivity index (χ0n) is 13.3. The number of nitrogens with zero attached hydrogens (tertiary/aromatic N) is 1. The van der Waals surface area contributed by atoms with Crippen molar-refractivity contribution in [3.63, 3.8) is 0 Å². The molecule has 0 radical (unpaired) electrons. The van der Waals surface area contributed by atoms with E-state index in [1.807, 2.05) is 46.0 Å². The first-order valence-corrected chi connectivity index (χ1v) is 7.43. The molecule has 0 aliphatic carbocycles. The summed E-state index contributed by atoms with van der Waals surface area (Å²) in [6.45, 7) is 3.84. The highest BCUT2D eigenvalue weighted by atomic mass is 16.3. The molecule has 0 bridgehead atoms. The molecule has 0 aliphatic heterocycles. The van der Waals surface area contributed by atoms with E-state index >= 15 is 0 Å². The Kier molecular flexibility index (Phi) is 3.78. The highest BCUT2D eigenvalue weighted by molar-refractivity contribution is 6.32. The van der Waals surface area contributed by atoms with Crippen molar-refractivity contribution in [3.05, 3.63) is 64.1 Å². The lowest BCUT2D eigenvalue weighted by molar-refractivity contribution is 0.471. The van der Waals surface area contributed by atoms with Gasteiger partial charge in [0.2, 0.25) is 0 Å². The Labute approximate surface area is 135 Å². The van der Waals surface area contributed by atoms with E-state index in [-0.39, 0.29) is 11.4 Å². The van der Waals surface area contributed by atoms with Crippen molar-refractivity contribution in [1.29, 1.82) is 0 Å². The minimum Gasteiger partial charge on any atom is -0.508 e. The summed E-state index contributed by atoms with van der Waals surface area (Å²) in [5, 5.41) is 9.65. The lowest BCUT2D eigenvalue weighted by Crippen LogP contribution is -2.12. The Bertz CT molecular complexity index is 948. The van der Waals surface area contributed by atoms with Gasteiger partial charge in [-0.3, -0.25) is 0 Å². The summed E-state index contributed by atoms with van der Waals surface area (Å²) in [5.41, 5.74) is 5.75. The Morgan fingerprint density at radius 2 is 1.83 bits per heavy atom. The van der Waals surface area contributed by atoms with E-state index in [9.17, 15) is 9.90 Å². The topological polar surface area (TPSA) is 66.0 Å². The molecular formula is C18H17BN2O2. The number of aromatic nitrogens is 2. The monoisotopic (exact) mass is 304 g/mol. The number of phenols is 1. The second kappa shape index (κ2) is 5.76. The standard InChI is InChI=1S/C18H17BN2O2/c1-10-8-13(19)4-5-14(10)16-9-15(20-18(23)21-16)12-3-6-17(22)11(2)7-12/h3-9,22H,19H2,1-2H3,(H,20,21,23). The van der Waals surface area contributed by atoms with Crippen LogP contribution in [0.2, 0.25) is 0 Å². The van der Waals surface area contributed by atoms with Gasteiger partial charge in [-0.1, -0.05) is 23.7 Å². The van der Waals surface area contributed by atoms with E-state index in [0.29, 0.717) is 5.69 Å². The predicted octanol–water partition coefficient (Wildman–Crippen LogP) is 1.68. The molecule has 4 nitrogen and oxygen atoms in total. The van der Waals surface area contributed by atoms with Gasteiger partial charge >= 0.3 is 5.69 Å². The van der Waals surface area contributed by atoms with Crippen LogP contribution in [-0.2, 0) is 0 Å². The van der Waals surface area contributed by atoms with Gasteiger partial charge in [0.1, 0.15) is 13.6 Å². The minimum absolute atomic E-state index is 0.230. The maximum absolute atomic E-state index is 12.0. The highest BCUT2D eigenvalue weighted by Crippen LogP contribution is 2.26. The first-order valence-electron chi connectivity index (χ1n) is 7.43. The molecule has 23 heavy (non-hydrogen) atoms. The van der Waals surface area contributed by atoms with Gasteiger partial charge in [0.05, 0.1) is 11.4 Å². The molecule has 1 heterocycles. The van der Waals surface area contributed by atoms with E-state index in [2.05, 4.69) is 16.0 Å². The molecule has 5 heteroatoms. The molecule has 0 saturated heterocycles. The summed E-state index contributed by atoms with van der Waals surface area (Å²) >= 11 is 0. The smallest absolute Gasteiger partial charge is 0.345 e. The van der Waals surface area contributed by atoms with Crippen molar-refractivity contribution in [3.8, 4) is 28.3 Å². The number of phenolic OH excluding ortho intramolecular Hbond substituents is 1. The molecule has 2 N–H and O–H groups in total. The molecule has 0 amide bonds. The molecule has 114 valence electrons. The number of rotatable bonds is 2. The zero-order valence-corrected chi connectivity index (χ0v) is 13.3. The predicted molar refractivity (Wildman–Crippen MR) is 95.0 cm³/mol. The molecule has 0 atom stereocenters. The fraction of sp³-hybridized carbons (Fsp3) is 0.111. The van der Waals surface area contributed by atoms with Crippen LogP contribution in [0.15, 0.2) is 47.3 Å². The van der Waals surface area contributed by atoms with Gasteiger partial charge in [-0.2, -0.15) is 4.98 Å². The molecule has 0 unspecified atom stereocenters. The summed E-state index contributed by atoms with van der Waals surface area (Å²) in [6, 6.07) is 13.2. The number of hydrogen-bond donors (Lipinski definition) is 2. The molecule has 3 rings (SSSR count). The van der Waals surface area contributed by atoms with Crippen LogP contribution in [0.4, 0.5) is 0 Å². The second-order valence-electron chi connectivity index (χ2n) is 5.80. The van der Waals surface area contributed by atoms with Gasteiger partial charge in [0.25, 0.3) is 0 Å². The molecular weight excluding hydrogens is 287 g/mol. The quantitative estimate of drug-likeness (QED) is 0.708. The Morgan fingerprint density at radius 1 is 1.04 bits per heavy atom. The van der Waals surface area contributed by atoms with Crippen LogP contribution in [0, 0.1) is 13.8 Å². The van der Waals surface area contributed by atoms with Crippen LogP contribution in [0.3, 0.4) is 0 Å². The molecule has 3 aromatic rings. The van der Waals surface area contributed by atoms with Gasteiger partial charge in [0.15, 0.2) is 0 Å². The number of aromatic hydroxyl groups is 1. The Balaban J connectivity index is 2.16. The van der Waals surface area contributed by atoms with Gasteiger partial charge in [-0.15, -0.1) is 0 Å². The first-order chi connectivity index (χ1) is 10.9. The fourth-order valence-corrected chi connectivity index (χ4v) is 2.68. The third-order valence-electron chi connectivity index (χ3n) is 3.91. The maximum Gasteiger partial charge on any atom is 0.345 e. The van der Waals surface area contributed by atoms with Crippen molar-refractivity contribution in [2.24, 2.45) is 0 Å². The zero-order chi connectivity index (χ0) is 16.6. The van der Waals surface area contributed by atoms with Gasteiger partial charge in [-0.25, -0.2) is 4.79 Å². The third-order valence-corrected chi connectivity index (χ3v) is 3.91. The molecule has 0 fully saturated rings. The SMILES string of the molecule is Bc1ccc(-c2cc(-c3ccc(O)c(C)c3)nc(=O)[nH]2)c(C)c1. The average molecular weight is 304 g/mol. The largest absolute Gasteiger partial charge is 0.508 e. The number of aromatic amines is 1. The van der Waals surface area contributed by atoms with Crippen LogP contribution < -0.4 is 11.2 Å². The van der Waals surface area contributed by atoms with Crippen LogP contribution in [0.25, 0.3) is 22.5 Å². The van der Waals surface area contributed by atoms with Crippen LogP contribution >= 0.6 is 0 Å². The summed E-state index contributed by atoms with van der Waals surface area (Å²) in [4.78, 5) is 18.8. The number of nitrogens with one attached hydrogen (secondary N) is 1. The van der Waals surface area contributed by atoms with Crippen molar-refractivity contribution in [1.82, 2.24) is 9.97 Å². The maximum atomic E-state index is 12.0. The molecule has 2 aromatic carbocycles. The van der Waals surface area contributed by atoms with Gasteiger partial charge in [0, 0.05) is 11.1 Å². The van der Waals surface area contributed by atoms with E-state index in [0.717, 1.165) is 27.9 Å². The van der Waals surface area contributed by atoms with Crippen molar-refractivity contribution >= 4 is 13.3 Å². The van der Waals surface area contributed by atoms with Crippen molar-refractivity contribution in [2.75, 3.05) is 0 Å². The number of aryl methyl sites for hydroxylation is 2. The van der Waals surface area contributed by atoms with Crippen LogP contribution in [0.5, 0.6) is 5.75 Å². The lowest BCUT2D eigenvalue weighted by Gasteiger charge is -2.09. The van der Waals surface area contributed by atoms with Gasteiger partial charge < -0.3 is 10.1 Å². The summed E-state index contributed by atoms with van der Waals surface area (Å²) in [6.07, 6.45) is 0. The Morgan fingerprint density at radius 3 is 2.52 bits per heavy atom. The summed E-state index contributed by atoms with van der Waals surface area (Å²) < 4.78 is 0. The molecule has 0 spiro atoms. The van der Waals surface area contributed by atoms with Crippen molar-refractivity contribution < 1.29 is 5.11 Å². The highest BCUT2D eigenvalue weighted by Gasteiger charge is 2.09. The van der Waals surface area contributed by atoms with Crippen LogP contribution in [-0.4, -0.2) is 22.9 Å². The molecule has 1 aromatic heterocycles. The lowest BCUT2D eigenvalue weighted by atomic mass is 9.91. The second-order valence-corrected chi connectivity index (χ2v) is 5.80. The minimum atomic E-state index is -0.386. The van der Waals surface area contributed by atoms with E-state index < -0.39 is 0 Å². The van der Waals surface area contributed by atoms with Crippen LogP contribution in [0.1, 0.15) is 11.1 Å². The van der Waals surface area contributed by atoms with E-state index in [1.165, 1.54) is 5.46 Å². The van der Waals surface area contributed by atoms with Gasteiger partial charge in [-0.05, 0) is 49.2 Å². The number of benzene rings is 2. The van der Waals surface area contributed by atoms with E-state index in [1.54, 1.807) is 12.1 Å². The number of H-pyrrole nitrogens is 1. The summed E-state index contributed by atoms with van der Waals surface area (Å²) in [7, 11) is 2.04. The molecule has 0 saturated carbocycles. The van der Waals surface area contributed by atoms with Crippen molar-refractivity contribution in [2.45, 2.75) is 13.8 Å². The number of hydrogen-bond acceptors (Lipinski definition) is 3. The fourth-order valence-electron chi connectivity index (χ4n) is 2.68. The van der Waals surface area contributed by atoms with E-state index in [4.69, 9.17) is 0 Å². The average Bonchev–Trinajstić information content (AvgIpc) is 2.49.